The molecule has 33 heavy (non-hydrogen) atoms. The van der Waals surface area contributed by atoms with E-state index in [1.54, 1.807) is 0 Å². The molecule has 1 aliphatic rings. The number of halogens is 1. The SMILES string of the molecule is CCOc1ccc(Br)c([C@H]2Nc3ccccc3-c3nnc(SCc4ccccc4)nc3O2)c1. The molecule has 166 valence electrons. The molecule has 4 aromatic rings. The van der Waals surface area contributed by atoms with Gasteiger partial charge in [0, 0.05) is 27.0 Å². The summed E-state index contributed by atoms with van der Waals surface area (Å²) in [5.74, 6) is 1.97. The van der Waals surface area contributed by atoms with Gasteiger partial charge in [0.2, 0.25) is 11.0 Å². The number of nitrogens with zero attached hydrogens (tertiary/aromatic N) is 3. The lowest BCUT2D eigenvalue weighted by atomic mass is 10.1. The van der Waals surface area contributed by atoms with Gasteiger partial charge in [0.05, 0.1) is 6.61 Å². The zero-order valence-corrected chi connectivity index (χ0v) is 20.3. The van der Waals surface area contributed by atoms with Crippen LogP contribution in [0.1, 0.15) is 24.3 Å². The molecule has 0 bridgehead atoms. The zero-order valence-electron chi connectivity index (χ0n) is 17.9. The van der Waals surface area contributed by atoms with Gasteiger partial charge in [-0.15, -0.1) is 10.2 Å². The highest BCUT2D eigenvalue weighted by atomic mass is 79.9. The number of ether oxygens (including phenoxy) is 2. The van der Waals surface area contributed by atoms with Crippen molar-refractivity contribution in [1.82, 2.24) is 15.2 Å². The van der Waals surface area contributed by atoms with Crippen LogP contribution in [0, 0.1) is 0 Å². The van der Waals surface area contributed by atoms with Crippen LogP contribution < -0.4 is 14.8 Å². The summed E-state index contributed by atoms with van der Waals surface area (Å²) in [6, 6.07) is 24.0. The van der Waals surface area contributed by atoms with Crippen LogP contribution in [0.25, 0.3) is 11.3 Å². The van der Waals surface area contributed by atoms with E-state index < -0.39 is 6.23 Å². The van der Waals surface area contributed by atoms with Crippen molar-refractivity contribution >= 4 is 33.4 Å². The van der Waals surface area contributed by atoms with Gasteiger partial charge in [-0.05, 0) is 36.8 Å². The van der Waals surface area contributed by atoms with Crippen molar-refractivity contribution in [2.24, 2.45) is 0 Å². The highest BCUT2D eigenvalue weighted by Gasteiger charge is 2.27. The molecule has 1 aromatic heterocycles. The molecule has 0 spiro atoms. The molecule has 0 fully saturated rings. The van der Waals surface area contributed by atoms with E-state index in [2.05, 4.69) is 43.6 Å². The maximum Gasteiger partial charge on any atom is 0.247 e. The van der Waals surface area contributed by atoms with Gasteiger partial charge in [-0.3, -0.25) is 0 Å². The van der Waals surface area contributed by atoms with Gasteiger partial charge in [-0.1, -0.05) is 76.2 Å². The molecule has 8 heteroatoms. The smallest absolute Gasteiger partial charge is 0.247 e. The van der Waals surface area contributed by atoms with E-state index in [-0.39, 0.29) is 0 Å². The number of rotatable bonds is 6. The van der Waals surface area contributed by atoms with Crippen molar-refractivity contribution in [3.05, 3.63) is 88.4 Å². The first-order chi connectivity index (χ1) is 16.2. The standard InChI is InChI=1S/C25H21BrN4O2S/c1-2-31-17-12-13-20(26)19(14-17)23-27-21-11-7-6-10-18(21)22-24(32-23)28-25(30-29-22)33-15-16-8-4-3-5-9-16/h3-14,23,27H,2,15H2,1H3/t23-/m0/s1. The van der Waals surface area contributed by atoms with Crippen LogP contribution in [0.3, 0.4) is 0 Å². The van der Waals surface area contributed by atoms with Gasteiger partial charge in [0.25, 0.3) is 0 Å². The predicted molar refractivity (Wildman–Crippen MR) is 134 cm³/mol. The number of hydrogen-bond donors (Lipinski definition) is 1. The molecular weight excluding hydrogens is 500 g/mol. The molecule has 1 atom stereocenters. The quantitative estimate of drug-likeness (QED) is 0.291. The van der Waals surface area contributed by atoms with Crippen LogP contribution in [0.4, 0.5) is 5.69 Å². The number of hydrogen-bond acceptors (Lipinski definition) is 7. The summed E-state index contributed by atoms with van der Waals surface area (Å²) in [5.41, 5.74) is 4.51. The summed E-state index contributed by atoms with van der Waals surface area (Å²) < 4.78 is 13.0. The summed E-state index contributed by atoms with van der Waals surface area (Å²) in [7, 11) is 0. The second-order valence-electron chi connectivity index (χ2n) is 7.33. The summed E-state index contributed by atoms with van der Waals surface area (Å²) in [6.45, 7) is 2.55. The summed E-state index contributed by atoms with van der Waals surface area (Å²) in [4.78, 5) is 4.73. The van der Waals surface area contributed by atoms with Crippen molar-refractivity contribution < 1.29 is 9.47 Å². The summed E-state index contributed by atoms with van der Waals surface area (Å²) in [6.07, 6.45) is -0.495. The average molecular weight is 521 g/mol. The molecule has 0 unspecified atom stereocenters. The van der Waals surface area contributed by atoms with E-state index in [4.69, 9.17) is 14.5 Å². The lowest BCUT2D eigenvalue weighted by molar-refractivity contribution is 0.223. The fourth-order valence-corrected chi connectivity index (χ4v) is 4.74. The molecule has 2 heterocycles. The summed E-state index contributed by atoms with van der Waals surface area (Å²) in [5, 5.41) is 12.9. The highest BCUT2D eigenvalue weighted by molar-refractivity contribution is 9.10. The van der Waals surface area contributed by atoms with Crippen molar-refractivity contribution in [2.75, 3.05) is 11.9 Å². The Morgan fingerprint density at radius 3 is 2.70 bits per heavy atom. The third-order valence-corrected chi connectivity index (χ3v) is 6.74. The van der Waals surface area contributed by atoms with Crippen LogP contribution in [0.15, 0.2) is 82.4 Å². The fourth-order valence-electron chi connectivity index (χ4n) is 3.55. The Morgan fingerprint density at radius 1 is 1.03 bits per heavy atom. The minimum atomic E-state index is -0.495. The molecule has 0 radical (unpaired) electrons. The Balaban J connectivity index is 1.51. The third kappa shape index (κ3) is 4.82. The van der Waals surface area contributed by atoms with Crippen molar-refractivity contribution in [2.45, 2.75) is 24.1 Å². The van der Waals surface area contributed by atoms with Gasteiger partial charge in [-0.25, -0.2) is 0 Å². The van der Waals surface area contributed by atoms with Crippen LogP contribution in [-0.2, 0) is 5.75 Å². The molecule has 1 aliphatic heterocycles. The van der Waals surface area contributed by atoms with Gasteiger partial charge < -0.3 is 14.8 Å². The van der Waals surface area contributed by atoms with Gasteiger partial charge in [-0.2, -0.15) is 4.98 Å². The monoisotopic (exact) mass is 520 g/mol. The van der Waals surface area contributed by atoms with E-state index in [1.807, 2.05) is 67.6 Å². The third-order valence-electron chi connectivity index (χ3n) is 5.11. The first kappa shape index (κ1) is 21.7. The van der Waals surface area contributed by atoms with E-state index in [0.29, 0.717) is 23.3 Å². The predicted octanol–water partition coefficient (Wildman–Crippen LogP) is 6.50. The fraction of sp³-hybridized carbons (Fsp3) is 0.160. The van der Waals surface area contributed by atoms with Crippen molar-refractivity contribution in [3.63, 3.8) is 0 Å². The van der Waals surface area contributed by atoms with E-state index in [0.717, 1.165) is 32.8 Å². The zero-order chi connectivity index (χ0) is 22.6. The minimum Gasteiger partial charge on any atom is -0.494 e. The molecule has 0 saturated heterocycles. The van der Waals surface area contributed by atoms with E-state index in [9.17, 15) is 0 Å². The van der Waals surface area contributed by atoms with Gasteiger partial charge in [0.1, 0.15) is 5.75 Å². The second-order valence-corrected chi connectivity index (χ2v) is 9.12. The Hall–Kier alpha value is -3.10. The number of thioether (sulfide) groups is 1. The van der Waals surface area contributed by atoms with Gasteiger partial charge in [0.15, 0.2) is 11.9 Å². The highest BCUT2D eigenvalue weighted by Crippen LogP contribution is 2.41. The number of para-hydroxylation sites is 1. The average Bonchev–Trinajstić information content (AvgIpc) is 3.01. The lowest BCUT2D eigenvalue weighted by Gasteiger charge is -2.21. The second kappa shape index (κ2) is 9.80. The molecule has 0 saturated carbocycles. The Morgan fingerprint density at radius 2 is 1.85 bits per heavy atom. The largest absolute Gasteiger partial charge is 0.494 e. The van der Waals surface area contributed by atoms with E-state index in [1.165, 1.54) is 17.3 Å². The van der Waals surface area contributed by atoms with Crippen molar-refractivity contribution in [3.8, 4) is 22.9 Å². The number of aromatic nitrogens is 3. The van der Waals surface area contributed by atoms with Crippen LogP contribution in [-0.4, -0.2) is 21.8 Å². The summed E-state index contributed by atoms with van der Waals surface area (Å²) >= 11 is 5.19. The normalized spacial score (nSPS) is 14.3. The maximum atomic E-state index is 6.41. The number of fused-ring (bicyclic) bond motifs is 3. The van der Waals surface area contributed by atoms with Crippen molar-refractivity contribution in [1.29, 1.82) is 0 Å². The Bertz CT molecular complexity index is 1270. The molecule has 6 nitrogen and oxygen atoms in total. The first-order valence-electron chi connectivity index (χ1n) is 10.6. The lowest BCUT2D eigenvalue weighted by Crippen LogP contribution is -2.18. The Kier molecular flexibility index (Phi) is 6.46. The molecular formula is C25H21BrN4O2S. The number of nitrogens with one attached hydrogen (secondary N) is 1. The van der Waals surface area contributed by atoms with E-state index >= 15 is 0 Å². The molecule has 1 N–H and O–H groups in total. The van der Waals surface area contributed by atoms with Gasteiger partial charge >= 0.3 is 0 Å². The number of anilines is 1. The van der Waals surface area contributed by atoms with Crippen LogP contribution in [0.5, 0.6) is 11.6 Å². The minimum absolute atomic E-state index is 0.441. The number of benzene rings is 3. The Labute approximate surface area is 204 Å². The van der Waals surface area contributed by atoms with Crippen LogP contribution in [0.2, 0.25) is 0 Å². The maximum absolute atomic E-state index is 6.41. The topological polar surface area (TPSA) is 69.2 Å². The molecule has 0 aliphatic carbocycles. The molecule has 3 aromatic carbocycles. The molecule has 5 rings (SSSR count). The first-order valence-corrected chi connectivity index (χ1v) is 12.4. The van der Waals surface area contributed by atoms with Crippen LogP contribution >= 0.6 is 27.7 Å². The molecule has 0 amide bonds.